The average Bonchev–Trinajstić information content (AvgIpc) is 2.19. The minimum Gasteiger partial charge on any atom is -0.462 e. The van der Waals surface area contributed by atoms with Crippen LogP contribution in [0, 0.1) is 5.41 Å². The maximum Gasteiger partial charge on any atom is 0.330 e. The minimum absolute atomic E-state index is 0.0927. The summed E-state index contributed by atoms with van der Waals surface area (Å²) in [6.45, 7) is 3.48. The van der Waals surface area contributed by atoms with Crippen LogP contribution in [-0.2, 0) is 19.1 Å². The molecule has 0 aromatic carbocycles. The summed E-state index contributed by atoms with van der Waals surface area (Å²) in [6, 6.07) is 0. The molecule has 2 rings (SSSR count). The van der Waals surface area contributed by atoms with E-state index in [0.29, 0.717) is 6.42 Å². The minimum atomic E-state index is -0.300. The highest BCUT2D eigenvalue weighted by atomic mass is 16.6. The average molecular weight is 224 g/mol. The van der Waals surface area contributed by atoms with Gasteiger partial charge in [-0.3, -0.25) is 4.79 Å². The monoisotopic (exact) mass is 224 g/mol. The number of hydrogen-bond acceptors (Lipinski definition) is 4. The normalized spacial score (nSPS) is 37.5. The maximum absolute atomic E-state index is 11.2. The molecular formula is C12H16O4. The molecule has 1 saturated carbocycles. The van der Waals surface area contributed by atoms with Crippen LogP contribution in [0.1, 0.15) is 33.1 Å². The summed E-state index contributed by atoms with van der Waals surface area (Å²) in [5, 5.41) is 0. The SMILES string of the molecule is CC(=O)OC1CCC2(C)C=CC(=O)OC2C1. The second-order valence-corrected chi connectivity index (χ2v) is 4.77. The fourth-order valence-corrected chi connectivity index (χ4v) is 2.41. The molecule has 4 heteroatoms. The quantitative estimate of drug-likeness (QED) is 0.635. The highest BCUT2D eigenvalue weighted by Gasteiger charge is 2.43. The smallest absolute Gasteiger partial charge is 0.330 e. The Bertz CT molecular complexity index is 347. The number of rotatable bonds is 1. The number of fused-ring (bicyclic) bond motifs is 1. The lowest BCUT2D eigenvalue weighted by molar-refractivity contribution is -0.163. The van der Waals surface area contributed by atoms with Crippen LogP contribution < -0.4 is 0 Å². The summed E-state index contributed by atoms with van der Waals surface area (Å²) in [7, 11) is 0. The molecule has 1 aliphatic carbocycles. The zero-order valence-corrected chi connectivity index (χ0v) is 9.56. The molecule has 2 aliphatic rings. The molecule has 0 radical (unpaired) electrons. The Morgan fingerprint density at radius 3 is 3.06 bits per heavy atom. The summed E-state index contributed by atoms with van der Waals surface area (Å²) in [4.78, 5) is 22.0. The molecule has 4 nitrogen and oxygen atoms in total. The van der Waals surface area contributed by atoms with Crippen LogP contribution >= 0.6 is 0 Å². The van der Waals surface area contributed by atoms with Crippen LogP contribution in [-0.4, -0.2) is 24.1 Å². The number of hydrogen-bond donors (Lipinski definition) is 0. The molecular weight excluding hydrogens is 208 g/mol. The lowest BCUT2D eigenvalue weighted by atomic mass is 9.71. The topological polar surface area (TPSA) is 52.6 Å². The van der Waals surface area contributed by atoms with Crippen molar-refractivity contribution in [1.29, 1.82) is 0 Å². The first kappa shape index (κ1) is 11.2. The fraction of sp³-hybridized carbons (Fsp3) is 0.667. The van der Waals surface area contributed by atoms with E-state index in [1.807, 2.05) is 6.08 Å². The first-order valence-electron chi connectivity index (χ1n) is 5.57. The van der Waals surface area contributed by atoms with Gasteiger partial charge in [0.05, 0.1) is 0 Å². The zero-order valence-electron chi connectivity index (χ0n) is 9.56. The van der Waals surface area contributed by atoms with Crippen LogP contribution in [0.4, 0.5) is 0 Å². The van der Waals surface area contributed by atoms with E-state index >= 15 is 0 Å². The molecule has 0 aromatic heterocycles. The Balaban J connectivity index is 2.07. The molecule has 1 aliphatic heterocycles. The van der Waals surface area contributed by atoms with Gasteiger partial charge < -0.3 is 9.47 Å². The van der Waals surface area contributed by atoms with Gasteiger partial charge in [0.2, 0.25) is 0 Å². The van der Waals surface area contributed by atoms with Crippen molar-refractivity contribution in [2.75, 3.05) is 0 Å². The van der Waals surface area contributed by atoms with Crippen molar-refractivity contribution in [3.05, 3.63) is 12.2 Å². The highest BCUT2D eigenvalue weighted by Crippen LogP contribution is 2.42. The molecule has 0 N–H and O–H groups in total. The summed E-state index contributed by atoms with van der Waals surface area (Å²) in [6.07, 6.45) is 5.44. The zero-order chi connectivity index (χ0) is 11.8. The van der Waals surface area contributed by atoms with Crippen LogP contribution in [0.5, 0.6) is 0 Å². The highest BCUT2D eigenvalue weighted by molar-refractivity contribution is 5.83. The molecule has 1 heterocycles. The second-order valence-electron chi connectivity index (χ2n) is 4.77. The van der Waals surface area contributed by atoms with Crippen molar-refractivity contribution in [3.63, 3.8) is 0 Å². The Morgan fingerprint density at radius 1 is 1.62 bits per heavy atom. The molecule has 16 heavy (non-hydrogen) atoms. The summed E-state index contributed by atoms with van der Waals surface area (Å²) in [5.74, 6) is -0.572. The molecule has 3 unspecified atom stereocenters. The largest absolute Gasteiger partial charge is 0.462 e. The first-order chi connectivity index (χ1) is 7.49. The molecule has 0 bridgehead atoms. The number of ether oxygens (including phenoxy) is 2. The van der Waals surface area contributed by atoms with Gasteiger partial charge >= 0.3 is 11.9 Å². The Morgan fingerprint density at radius 2 is 2.38 bits per heavy atom. The van der Waals surface area contributed by atoms with E-state index in [4.69, 9.17) is 9.47 Å². The van der Waals surface area contributed by atoms with Crippen LogP contribution in [0.3, 0.4) is 0 Å². The van der Waals surface area contributed by atoms with E-state index in [9.17, 15) is 9.59 Å². The van der Waals surface area contributed by atoms with Crippen LogP contribution in [0.2, 0.25) is 0 Å². The van der Waals surface area contributed by atoms with Gasteiger partial charge in [0.15, 0.2) is 0 Å². The summed E-state index contributed by atoms with van der Waals surface area (Å²) in [5.41, 5.74) is -0.0927. The molecule has 0 aromatic rings. The van der Waals surface area contributed by atoms with Gasteiger partial charge in [-0.1, -0.05) is 13.0 Å². The van der Waals surface area contributed by atoms with Gasteiger partial charge in [0, 0.05) is 24.8 Å². The van der Waals surface area contributed by atoms with Gasteiger partial charge in [-0.15, -0.1) is 0 Å². The fourth-order valence-electron chi connectivity index (χ4n) is 2.41. The Labute approximate surface area is 94.6 Å². The van der Waals surface area contributed by atoms with E-state index in [1.54, 1.807) is 0 Å². The molecule has 3 atom stereocenters. The van der Waals surface area contributed by atoms with E-state index in [-0.39, 0.29) is 29.6 Å². The number of esters is 2. The molecule has 1 fully saturated rings. The van der Waals surface area contributed by atoms with E-state index in [1.165, 1.54) is 13.0 Å². The second kappa shape index (κ2) is 3.92. The predicted octanol–water partition coefficient (Wildman–Crippen LogP) is 1.59. The van der Waals surface area contributed by atoms with Crippen LogP contribution in [0.25, 0.3) is 0 Å². The van der Waals surface area contributed by atoms with Crippen molar-refractivity contribution >= 4 is 11.9 Å². The van der Waals surface area contributed by atoms with Gasteiger partial charge in [-0.25, -0.2) is 4.79 Å². The molecule has 88 valence electrons. The van der Waals surface area contributed by atoms with Crippen LogP contribution in [0.15, 0.2) is 12.2 Å². The number of carbonyl (C=O) groups is 2. The van der Waals surface area contributed by atoms with E-state index in [2.05, 4.69) is 6.92 Å². The third-order valence-corrected chi connectivity index (χ3v) is 3.41. The standard InChI is InChI=1S/C12H16O4/c1-8(13)15-9-3-5-12(2)6-4-11(14)16-10(12)7-9/h4,6,9-10H,3,5,7H2,1-2H3. The summed E-state index contributed by atoms with van der Waals surface area (Å²) < 4.78 is 10.5. The number of carbonyl (C=O) groups excluding carboxylic acids is 2. The van der Waals surface area contributed by atoms with Crippen molar-refractivity contribution in [2.24, 2.45) is 5.41 Å². The Kier molecular flexibility index (Phi) is 2.74. The maximum atomic E-state index is 11.2. The van der Waals surface area contributed by atoms with Crippen molar-refractivity contribution < 1.29 is 19.1 Å². The van der Waals surface area contributed by atoms with Crippen molar-refractivity contribution in [1.82, 2.24) is 0 Å². The Hall–Kier alpha value is -1.32. The summed E-state index contributed by atoms with van der Waals surface area (Å²) >= 11 is 0. The molecule has 0 spiro atoms. The van der Waals surface area contributed by atoms with Gasteiger partial charge in [-0.05, 0) is 12.8 Å². The lowest BCUT2D eigenvalue weighted by Crippen LogP contribution is -2.45. The van der Waals surface area contributed by atoms with Gasteiger partial charge in [0.1, 0.15) is 12.2 Å². The van der Waals surface area contributed by atoms with Gasteiger partial charge in [-0.2, -0.15) is 0 Å². The van der Waals surface area contributed by atoms with Crippen molar-refractivity contribution in [2.45, 2.75) is 45.3 Å². The predicted molar refractivity (Wildman–Crippen MR) is 56.5 cm³/mol. The molecule has 0 amide bonds. The molecule has 0 saturated heterocycles. The van der Waals surface area contributed by atoms with Gasteiger partial charge in [0.25, 0.3) is 0 Å². The van der Waals surface area contributed by atoms with Crippen molar-refractivity contribution in [3.8, 4) is 0 Å². The third-order valence-electron chi connectivity index (χ3n) is 3.41. The van der Waals surface area contributed by atoms with E-state index < -0.39 is 0 Å². The lowest BCUT2D eigenvalue weighted by Gasteiger charge is -2.43. The first-order valence-corrected chi connectivity index (χ1v) is 5.57. The van der Waals surface area contributed by atoms with E-state index in [0.717, 1.165) is 12.8 Å². The third kappa shape index (κ3) is 2.10.